The molecule has 1 amide bonds. The molecule has 146 valence electrons. The van der Waals surface area contributed by atoms with Crippen molar-refractivity contribution in [2.45, 2.75) is 13.8 Å². The molecule has 0 unspecified atom stereocenters. The summed E-state index contributed by atoms with van der Waals surface area (Å²) < 4.78 is 5.29. The van der Waals surface area contributed by atoms with E-state index in [0.29, 0.717) is 17.9 Å². The van der Waals surface area contributed by atoms with E-state index in [2.05, 4.69) is 24.1 Å². The van der Waals surface area contributed by atoms with Crippen molar-refractivity contribution in [3.05, 3.63) is 58.3 Å². The number of carbonyl (C=O) groups excluding carboxylic acids is 2. The van der Waals surface area contributed by atoms with E-state index in [1.807, 2.05) is 17.5 Å². The molecule has 0 atom stereocenters. The molecule has 0 bridgehead atoms. The molecule has 1 aromatic carbocycles. The van der Waals surface area contributed by atoms with Crippen molar-refractivity contribution in [3.63, 3.8) is 0 Å². The van der Waals surface area contributed by atoms with Crippen molar-refractivity contribution >= 4 is 47.4 Å². The third kappa shape index (κ3) is 7.95. The maximum absolute atomic E-state index is 12.0. The fourth-order valence-electron chi connectivity index (χ4n) is 2.31. The van der Waals surface area contributed by atoms with Crippen molar-refractivity contribution < 1.29 is 14.3 Å². The first-order valence-electron chi connectivity index (χ1n) is 8.64. The van der Waals surface area contributed by atoms with Gasteiger partial charge in [0.05, 0.1) is 5.56 Å². The van der Waals surface area contributed by atoms with Crippen LogP contribution >= 0.6 is 23.7 Å². The number of rotatable bonds is 9. The van der Waals surface area contributed by atoms with E-state index in [0.717, 1.165) is 24.5 Å². The molecule has 1 N–H and O–H groups in total. The highest BCUT2D eigenvalue weighted by Gasteiger charge is 2.08. The SMILES string of the molecule is CCN(CC)CCOC(=O)c1ccc(NC(=O)/C=C/c2cccs2)cc1.Cl. The first-order valence-corrected chi connectivity index (χ1v) is 9.52. The van der Waals surface area contributed by atoms with Crippen molar-refractivity contribution in [1.82, 2.24) is 4.90 Å². The van der Waals surface area contributed by atoms with E-state index in [1.54, 1.807) is 41.7 Å². The lowest BCUT2D eigenvalue weighted by molar-refractivity contribution is -0.111. The lowest BCUT2D eigenvalue weighted by Crippen LogP contribution is -2.27. The third-order valence-corrected chi connectivity index (χ3v) is 4.70. The van der Waals surface area contributed by atoms with E-state index < -0.39 is 0 Å². The molecule has 0 aliphatic heterocycles. The van der Waals surface area contributed by atoms with Crippen molar-refractivity contribution in [2.75, 3.05) is 31.6 Å². The van der Waals surface area contributed by atoms with E-state index in [4.69, 9.17) is 4.74 Å². The number of nitrogens with zero attached hydrogens (tertiary/aromatic N) is 1. The van der Waals surface area contributed by atoms with Crippen LogP contribution in [0.5, 0.6) is 0 Å². The predicted molar refractivity (Wildman–Crippen MR) is 114 cm³/mol. The van der Waals surface area contributed by atoms with Crippen molar-refractivity contribution in [1.29, 1.82) is 0 Å². The zero-order valence-corrected chi connectivity index (χ0v) is 17.1. The maximum atomic E-state index is 12.0. The van der Waals surface area contributed by atoms with E-state index in [-0.39, 0.29) is 24.3 Å². The highest BCUT2D eigenvalue weighted by atomic mass is 35.5. The molecule has 5 nitrogen and oxygen atoms in total. The molecular formula is C20H25ClN2O3S. The number of esters is 1. The van der Waals surface area contributed by atoms with Crippen LogP contribution in [0.2, 0.25) is 0 Å². The van der Waals surface area contributed by atoms with Crippen molar-refractivity contribution in [2.24, 2.45) is 0 Å². The maximum Gasteiger partial charge on any atom is 0.338 e. The minimum atomic E-state index is -0.354. The minimum Gasteiger partial charge on any atom is -0.461 e. The molecule has 0 fully saturated rings. The molecule has 1 aromatic heterocycles. The normalized spacial score (nSPS) is 10.6. The van der Waals surface area contributed by atoms with Gasteiger partial charge < -0.3 is 15.0 Å². The van der Waals surface area contributed by atoms with Crippen LogP contribution in [-0.2, 0) is 9.53 Å². The van der Waals surface area contributed by atoms with Gasteiger partial charge in [-0.3, -0.25) is 4.79 Å². The summed E-state index contributed by atoms with van der Waals surface area (Å²) in [6, 6.07) is 10.6. The van der Waals surface area contributed by atoms with Crippen LogP contribution in [0.25, 0.3) is 6.08 Å². The van der Waals surface area contributed by atoms with Gasteiger partial charge in [0.25, 0.3) is 0 Å². The Morgan fingerprint density at radius 3 is 2.44 bits per heavy atom. The molecule has 2 rings (SSSR count). The van der Waals surface area contributed by atoms with Gasteiger partial charge in [0.1, 0.15) is 6.61 Å². The van der Waals surface area contributed by atoms with Gasteiger partial charge >= 0.3 is 5.97 Å². The molecule has 1 heterocycles. The second-order valence-corrected chi connectivity index (χ2v) is 6.56. The van der Waals surface area contributed by atoms with Gasteiger partial charge in [-0.1, -0.05) is 19.9 Å². The van der Waals surface area contributed by atoms with Crippen LogP contribution in [0.15, 0.2) is 47.9 Å². The summed E-state index contributed by atoms with van der Waals surface area (Å²) in [4.78, 5) is 27.1. The molecule has 0 spiro atoms. The average Bonchev–Trinajstić information content (AvgIpc) is 3.18. The second kappa shape index (κ2) is 12.3. The molecule has 0 radical (unpaired) electrons. The molecule has 0 aliphatic rings. The number of ether oxygens (including phenoxy) is 1. The van der Waals surface area contributed by atoms with Gasteiger partial charge in [-0.2, -0.15) is 0 Å². The summed E-state index contributed by atoms with van der Waals surface area (Å²) in [7, 11) is 0. The Bertz CT molecular complexity index is 726. The number of nitrogens with one attached hydrogen (secondary N) is 1. The Kier molecular flexibility index (Phi) is 10.4. The largest absolute Gasteiger partial charge is 0.461 e. The Balaban J connectivity index is 0.00000364. The quantitative estimate of drug-likeness (QED) is 0.496. The first kappa shape index (κ1) is 22.9. The smallest absolute Gasteiger partial charge is 0.338 e. The predicted octanol–water partition coefficient (Wildman–Crippen LogP) is 4.32. The Hall–Kier alpha value is -2.15. The van der Waals surface area contributed by atoms with Gasteiger partial charge in [0, 0.05) is 23.2 Å². The van der Waals surface area contributed by atoms with E-state index in [9.17, 15) is 9.59 Å². The third-order valence-electron chi connectivity index (χ3n) is 3.87. The van der Waals surface area contributed by atoms with Crippen LogP contribution in [0.1, 0.15) is 29.1 Å². The monoisotopic (exact) mass is 408 g/mol. The number of carbonyl (C=O) groups is 2. The number of likely N-dealkylation sites (N-methyl/N-ethyl adjacent to an activating group) is 1. The van der Waals surface area contributed by atoms with Crippen molar-refractivity contribution in [3.8, 4) is 0 Å². The number of anilines is 1. The molecule has 2 aromatic rings. The van der Waals surface area contributed by atoms with E-state index >= 15 is 0 Å². The topological polar surface area (TPSA) is 58.6 Å². The summed E-state index contributed by atoms with van der Waals surface area (Å²) in [6.45, 7) is 7.12. The highest BCUT2D eigenvalue weighted by Crippen LogP contribution is 2.12. The fourth-order valence-corrected chi connectivity index (χ4v) is 2.93. The zero-order valence-electron chi connectivity index (χ0n) is 15.5. The number of benzene rings is 1. The Labute approximate surface area is 170 Å². The molecular weight excluding hydrogens is 384 g/mol. The Morgan fingerprint density at radius 1 is 1.15 bits per heavy atom. The van der Waals surface area contributed by atoms with Crippen LogP contribution in [0.3, 0.4) is 0 Å². The lowest BCUT2D eigenvalue weighted by atomic mass is 10.2. The number of hydrogen-bond donors (Lipinski definition) is 1. The van der Waals surface area contributed by atoms with E-state index in [1.165, 1.54) is 6.08 Å². The lowest BCUT2D eigenvalue weighted by Gasteiger charge is -2.17. The molecule has 0 aliphatic carbocycles. The van der Waals surface area contributed by atoms with Crippen LogP contribution in [0, 0.1) is 0 Å². The summed E-state index contributed by atoms with van der Waals surface area (Å²) in [5, 5.41) is 4.72. The molecule has 0 saturated heterocycles. The number of thiophene rings is 1. The van der Waals surface area contributed by atoms with Gasteiger partial charge in [0.2, 0.25) is 5.91 Å². The zero-order chi connectivity index (χ0) is 18.8. The summed E-state index contributed by atoms with van der Waals surface area (Å²) in [5.41, 5.74) is 1.10. The molecule has 0 saturated carbocycles. The highest BCUT2D eigenvalue weighted by molar-refractivity contribution is 7.10. The minimum absolute atomic E-state index is 0. The molecule has 7 heteroatoms. The standard InChI is InChI=1S/C20H24N2O3S.ClH/c1-3-22(4-2)13-14-25-20(24)16-7-9-17(10-8-16)21-19(23)12-11-18-6-5-15-26-18;/h5-12,15H,3-4,13-14H2,1-2H3,(H,21,23);1H/b12-11+;. The summed E-state index contributed by atoms with van der Waals surface area (Å²) in [6.07, 6.45) is 3.25. The average molecular weight is 409 g/mol. The van der Waals surface area contributed by atoms with Crippen LogP contribution in [0.4, 0.5) is 5.69 Å². The molecule has 27 heavy (non-hydrogen) atoms. The number of hydrogen-bond acceptors (Lipinski definition) is 5. The van der Waals surface area contributed by atoms with Gasteiger partial charge in [-0.05, 0) is 54.9 Å². The number of halogens is 1. The second-order valence-electron chi connectivity index (χ2n) is 5.58. The number of amides is 1. The Morgan fingerprint density at radius 2 is 1.85 bits per heavy atom. The van der Waals surface area contributed by atoms with Gasteiger partial charge in [-0.15, -0.1) is 23.7 Å². The van der Waals surface area contributed by atoms with Gasteiger partial charge in [0.15, 0.2) is 0 Å². The first-order chi connectivity index (χ1) is 12.6. The van der Waals surface area contributed by atoms with Gasteiger partial charge in [-0.25, -0.2) is 4.79 Å². The van der Waals surface area contributed by atoms with Crippen LogP contribution < -0.4 is 5.32 Å². The summed E-state index contributed by atoms with van der Waals surface area (Å²) in [5.74, 6) is -0.569. The fraction of sp³-hybridized carbons (Fsp3) is 0.300. The van der Waals surface area contributed by atoms with Crippen LogP contribution in [-0.4, -0.2) is 43.0 Å². The summed E-state index contributed by atoms with van der Waals surface area (Å²) >= 11 is 1.57.